The van der Waals surface area contributed by atoms with Crippen LogP contribution in [-0.2, 0) is 34.2 Å². The van der Waals surface area contributed by atoms with E-state index < -0.39 is 48.5 Å². The summed E-state index contributed by atoms with van der Waals surface area (Å²) in [5.74, 6) is 0.728. The fraction of sp³-hybridized carbons (Fsp3) is 0.202. The molecule has 16 aromatic rings. The average molecular weight is 2530 g/mol. The normalized spacial score (nSPS) is 11.7. The summed E-state index contributed by atoms with van der Waals surface area (Å²) in [7, 11) is -2.14. The number of piperidine rings is 1. The second kappa shape index (κ2) is 54.7. The fourth-order valence-electron chi connectivity index (χ4n) is 13.1. The van der Waals surface area contributed by atoms with Crippen LogP contribution in [0.25, 0.3) is 87.7 Å². The number of sulfonamides is 2. The van der Waals surface area contributed by atoms with E-state index in [1.807, 2.05) is 175 Å². The van der Waals surface area contributed by atoms with E-state index in [4.69, 9.17) is 93.8 Å². The number of primary amides is 2. The minimum Gasteiger partial charge on any atom is -0.495 e. The van der Waals surface area contributed by atoms with Gasteiger partial charge in [0.05, 0.1) is 86.4 Å². The molecule has 146 heavy (non-hydrogen) atoms. The summed E-state index contributed by atoms with van der Waals surface area (Å²) in [6, 6.07) is 58.2. The summed E-state index contributed by atoms with van der Waals surface area (Å²) in [4.78, 5) is 116. The summed E-state index contributed by atoms with van der Waals surface area (Å²) in [5.41, 5.74) is 29.0. The number of halogens is 13. The molecule has 10 aromatic carbocycles. The van der Waals surface area contributed by atoms with Gasteiger partial charge in [-0.1, -0.05) is 148 Å². The van der Waals surface area contributed by atoms with Crippen molar-refractivity contribution in [2.45, 2.75) is 65.9 Å². The molecule has 17 rings (SSSR count). The van der Waals surface area contributed by atoms with Crippen LogP contribution >= 0.6 is 177 Å². The van der Waals surface area contributed by atoms with Gasteiger partial charge in [0.2, 0.25) is 47.1 Å². The van der Waals surface area contributed by atoms with E-state index in [1.165, 1.54) is 34.2 Å². The SMILES string of the molecule is CC(C)(C)CON=O.CN(c1ccccc1-c1cccc2cnc(Cl)nc12)S(C)(=O)=O.COc1cc(C2CCN(C(=O)OC(C)(C)C)CC2)ccc1Nc1ncc2cccc(-c3ccccc3N(C)S(C)(=O)=O)c2n1.Clc1nc(Cl)c2cccc(Br)c2n1.Clc1ncc2cccc(Br)c2n1.NC(N)=O.Nc1c(Br)cccc1C(=O)O.Nc1nc(Cl)nc2c(Br)cccc12.O=P(Cl)(Cl)Cl.O=c1[nH]c(=O)c2cccc(Br)c2[nH]1. The van der Waals surface area contributed by atoms with Gasteiger partial charge < -0.3 is 57.6 Å². The second-order valence-corrected chi connectivity index (χ2v) is 49.3. The first-order valence-corrected chi connectivity index (χ1v) is 56.2. The van der Waals surface area contributed by atoms with Crippen LogP contribution < -0.4 is 52.8 Å². The Morgan fingerprint density at radius 3 is 1.46 bits per heavy atom. The third-order valence-corrected chi connectivity index (χ3v) is 26.4. The zero-order chi connectivity index (χ0) is 108. The number of nitrogen functional groups attached to an aromatic ring is 2. The van der Waals surface area contributed by atoms with Gasteiger partial charge in [0, 0.05) is 117 Å². The maximum absolute atomic E-state index is 12.5. The average Bonchev–Trinajstić information content (AvgIpc) is 0.772. The highest BCUT2D eigenvalue weighted by atomic mass is 79.9. The lowest BCUT2D eigenvalue weighted by atomic mass is 9.89. The Bertz CT molecular complexity index is 7750. The van der Waals surface area contributed by atoms with Gasteiger partial charge in [0.1, 0.15) is 28.9 Å². The van der Waals surface area contributed by atoms with E-state index in [0.717, 1.165) is 103 Å². The molecule has 0 spiro atoms. The Balaban J connectivity index is 0.000000216. The Morgan fingerprint density at radius 2 is 0.973 bits per heavy atom. The minimum absolute atomic E-state index is 0.0356. The monoisotopic (exact) mass is 2520 g/mol. The second-order valence-electron chi connectivity index (χ2n) is 32.7. The summed E-state index contributed by atoms with van der Waals surface area (Å²) in [6.45, 7) is 13.2. The molecule has 1 aliphatic heterocycles. The minimum atomic E-state index is -3.47. The van der Waals surface area contributed by atoms with Crippen molar-refractivity contribution in [1.29, 1.82) is 0 Å². The maximum atomic E-state index is 12.5. The third-order valence-electron chi connectivity index (χ3n) is 19.7. The molecule has 52 heteroatoms. The standard InChI is InChI=1S/C33H39N5O5S.C16H14ClN3O2S.C8H3BrCl2N2.C8H5BrClN3.C8H4BrClN2.C8H5BrN2O2.C7H6BrNO2.C5H11NO2.CH4N2O.Cl3OP/c1-33(2,3)43-32(39)38-18-16-22(17-19-38)23-14-15-27(29(20-23)42-5)35-31-34-21-24-10-9-12-26(30(24)36-31)25-11-7-8-13-28(25)37(4)44(6,40)41;1-20(23(2,21)22)14-9-4-3-7-12(14)13-8-5-6-11-10-18-16(17)19-15(11)13;9-5-3-1-2-4-6(5)12-8(11)13-7(4)10;9-5-3-1-2-4-6(5)12-8(10)13-7(4)11;9-6-3-1-2-5-4-11-8(10)12-7(5)6;9-5-3-1-2-4-6(5)10-8(13)11-7(4)12;8-5-3-1-2-4(6(5)9)7(10)11;1-5(2,3)4-8-6-7;2-1(3)4;1-5(2,3)4/h7-15,20-22H,16-19H2,1-6H3,(H,34,35,36);3-10H,1-2H3;1-3H;1-3H,(H2,11,12,13);1-4H;1-3H,(H2,10,11,12,13);1-3H,9H2,(H,10,11);4H2,1-3H3;(H4,2,3,4);. The predicted molar refractivity (Wildman–Crippen MR) is 602 cm³/mol. The number of hydrogen-bond acceptors (Lipinski definition) is 28. The highest BCUT2D eigenvalue weighted by Gasteiger charge is 2.29. The van der Waals surface area contributed by atoms with Gasteiger partial charge in [-0.3, -0.25) is 23.0 Å². The molecule has 0 saturated carbocycles. The van der Waals surface area contributed by atoms with E-state index in [0.29, 0.717) is 90.5 Å². The number of aromatic carboxylic acids is 1. The number of hydrogen-bond donors (Lipinski definition) is 8. The Labute approximate surface area is 918 Å². The number of carbonyl (C=O) groups excluding carboxylic acids is 2. The molecule has 1 aliphatic rings. The molecule has 770 valence electrons. The summed E-state index contributed by atoms with van der Waals surface area (Å²) >= 11 is 59.1. The molecule has 6 aromatic heterocycles. The molecular formula is C94H91Br5Cl8N21O15PS2. The van der Waals surface area contributed by atoms with E-state index in [9.17, 15) is 45.5 Å². The number of H-pyrrole nitrogens is 2. The largest absolute Gasteiger partial charge is 0.495 e. The van der Waals surface area contributed by atoms with E-state index in [1.54, 1.807) is 86.2 Å². The molecule has 1 fully saturated rings. The topological polar surface area (TPSA) is 534 Å². The van der Waals surface area contributed by atoms with Gasteiger partial charge in [-0.2, -0.15) is 0 Å². The highest BCUT2D eigenvalue weighted by Crippen LogP contribution is 2.61. The number of carbonyl (C=O) groups is 3. The van der Waals surface area contributed by atoms with Gasteiger partial charge in [-0.05, 0) is 289 Å². The van der Waals surface area contributed by atoms with Crippen LogP contribution in [-0.4, -0.2) is 164 Å². The number of benzene rings is 10. The van der Waals surface area contributed by atoms with Gasteiger partial charge in [0.25, 0.3) is 5.56 Å². The molecule has 0 radical (unpaired) electrons. The number of para-hydroxylation sites is 9. The van der Waals surface area contributed by atoms with Crippen molar-refractivity contribution in [3.63, 3.8) is 0 Å². The number of carboxylic acids is 1. The van der Waals surface area contributed by atoms with Crippen molar-refractivity contribution in [3.8, 4) is 28.0 Å². The van der Waals surface area contributed by atoms with Crippen molar-refractivity contribution in [3.05, 3.63) is 298 Å². The van der Waals surface area contributed by atoms with Crippen molar-refractivity contribution < 1.29 is 55.2 Å². The number of aromatic amines is 2. The molecule has 0 bridgehead atoms. The Morgan fingerprint density at radius 1 is 0.548 bits per heavy atom. The van der Waals surface area contributed by atoms with Crippen molar-refractivity contribution in [2.75, 3.05) is 78.8 Å². The van der Waals surface area contributed by atoms with Gasteiger partial charge in [0.15, 0.2) is 5.34 Å². The molecule has 12 N–H and O–H groups in total. The van der Waals surface area contributed by atoms with Crippen LogP contribution in [0.5, 0.6) is 5.75 Å². The summed E-state index contributed by atoms with van der Waals surface area (Å²) < 4.78 is 75.8. The summed E-state index contributed by atoms with van der Waals surface area (Å²) in [6.07, 6.45) is 8.86. The molecule has 1 saturated heterocycles. The first kappa shape index (κ1) is 120. The lowest BCUT2D eigenvalue weighted by Crippen LogP contribution is -2.41. The zero-order valence-electron chi connectivity index (χ0n) is 78.7. The van der Waals surface area contributed by atoms with Crippen LogP contribution in [0, 0.1) is 10.3 Å². The van der Waals surface area contributed by atoms with Crippen LogP contribution in [0.15, 0.2) is 250 Å². The van der Waals surface area contributed by atoms with E-state index in [-0.39, 0.29) is 49.5 Å². The van der Waals surface area contributed by atoms with Crippen LogP contribution in [0.3, 0.4) is 0 Å². The van der Waals surface area contributed by atoms with E-state index >= 15 is 0 Å². The number of nitrogens with zero attached hydrogens (tertiary/aromatic N) is 14. The lowest BCUT2D eigenvalue weighted by molar-refractivity contribution is 0.0204. The molecule has 0 unspecified atom stereocenters. The van der Waals surface area contributed by atoms with Gasteiger partial charge in [-0.25, -0.2) is 85.9 Å². The van der Waals surface area contributed by atoms with Gasteiger partial charge in [-0.15, -0.1) is 4.91 Å². The third kappa shape index (κ3) is 36.7. The Kier molecular flexibility index (Phi) is 45.0. The smallest absolute Gasteiger partial charge is 0.410 e. The number of nitrogens with one attached hydrogen (secondary N) is 3. The maximum Gasteiger partial charge on any atom is 0.410 e. The summed E-state index contributed by atoms with van der Waals surface area (Å²) in [5, 5.41) is 16.8. The number of methoxy groups -OCH3 is 1. The number of amides is 3. The Hall–Kier alpha value is -11.1. The zero-order valence-corrected chi connectivity index (χ0v) is 95.2. The van der Waals surface area contributed by atoms with Gasteiger partial charge >= 0.3 is 29.0 Å². The predicted octanol–water partition coefficient (Wildman–Crippen LogP) is 25.6. The molecule has 0 aliphatic carbocycles. The van der Waals surface area contributed by atoms with Crippen LogP contribution in [0.2, 0.25) is 26.3 Å². The number of fused-ring (bicyclic) bond motifs is 6. The number of aromatic nitrogens is 12. The number of likely N-dealkylation sites (tertiary alicyclic amines) is 1. The highest BCUT2D eigenvalue weighted by molar-refractivity contribution is 9.11. The molecule has 0 atom stereocenters. The molecule has 36 nitrogen and oxygen atoms in total. The number of rotatable bonds is 13. The fourth-order valence-corrected chi connectivity index (χ4v) is 17.2. The number of ether oxygens (including phenoxy) is 2. The quantitative estimate of drug-likeness (QED) is 0.0133. The van der Waals surface area contributed by atoms with Crippen molar-refractivity contribution in [2.24, 2.45) is 22.2 Å². The molecule has 3 amide bonds. The number of urea groups is 1. The molecular weight excluding hydrogens is 2440 g/mol. The number of anilines is 6. The number of carboxylic acid groups (broad SMARTS) is 1. The van der Waals surface area contributed by atoms with E-state index in [2.05, 4.69) is 201 Å². The van der Waals surface area contributed by atoms with Crippen molar-refractivity contribution in [1.82, 2.24) is 64.7 Å². The molecule has 7 heterocycles. The first-order valence-electron chi connectivity index (χ1n) is 42.2. The first-order chi connectivity index (χ1) is 68.4. The van der Waals surface area contributed by atoms with Crippen LogP contribution in [0.4, 0.5) is 44.1 Å². The van der Waals surface area contributed by atoms with Crippen molar-refractivity contribution >= 4 is 315 Å². The number of nitrogens with two attached hydrogens (primary N) is 4. The van der Waals surface area contributed by atoms with Crippen LogP contribution in [0.1, 0.15) is 76.2 Å². The lowest BCUT2D eigenvalue weighted by Gasteiger charge is -2.33.